The van der Waals surface area contributed by atoms with Crippen molar-refractivity contribution in [2.75, 3.05) is 45.7 Å². The summed E-state index contributed by atoms with van der Waals surface area (Å²) in [5.74, 6) is 0.799. The zero-order valence-electron chi connectivity index (χ0n) is 12.7. The van der Waals surface area contributed by atoms with Crippen LogP contribution in [0, 0.1) is 5.92 Å². The Hall–Kier alpha value is -1.06. The average molecular weight is 261 g/mol. The van der Waals surface area contributed by atoms with Gasteiger partial charge in [0.15, 0.2) is 0 Å². The molecule has 1 aromatic carbocycles. The van der Waals surface area contributed by atoms with Crippen LogP contribution in [0.1, 0.15) is 24.9 Å². The number of para-hydroxylation sites is 1. The number of nitrogens with zero attached hydrogens (tertiary/aromatic N) is 2. The van der Waals surface area contributed by atoms with Gasteiger partial charge in [-0.25, -0.2) is 0 Å². The van der Waals surface area contributed by atoms with E-state index in [1.54, 1.807) is 0 Å². The fourth-order valence-corrected chi connectivity index (χ4v) is 3.02. The maximum absolute atomic E-state index is 3.34. The second kappa shape index (κ2) is 6.40. The Kier molecular flexibility index (Phi) is 4.83. The topological polar surface area (TPSA) is 18.5 Å². The lowest BCUT2D eigenvalue weighted by Crippen LogP contribution is -2.28. The van der Waals surface area contributed by atoms with Crippen LogP contribution < -0.4 is 10.2 Å². The standard InChI is InChI=1S/C16H27N3/c1-13(17-2)15-7-5-6-8-16(15)19(4)12-14-9-10-18(3)11-14/h5-8,13-14,17H,9-12H2,1-4H3. The third-order valence-corrected chi connectivity index (χ3v) is 4.27. The van der Waals surface area contributed by atoms with Crippen molar-refractivity contribution in [2.24, 2.45) is 5.92 Å². The van der Waals surface area contributed by atoms with Crippen LogP contribution in [0.2, 0.25) is 0 Å². The lowest BCUT2D eigenvalue weighted by molar-refractivity contribution is 0.396. The predicted molar refractivity (Wildman–Crippen MR) is 82.8 cm³/mol. The predicted octanol–water partition coefficient (Wildman–Crippen LogP) is 2.35. The van der Waals surface area contributed by atoms with Crippen LogP contribution in [0.3, 0.4) is 0 Å². The van der Waals surface area contributed by atoms with Crippen molar-refractivity contribution in [3.63, 3.8) is 0 Å². The summed E-state index contributed by atoms with van der Waals surface area (Å²) in [5, 5.41) is 3.34. The fraction of sp³-hybridized carbons (Fsp3) is 0.625. The summed E-state index contributed by atoms with van der Waals surface area (Å²) >= 11 is 0. The van der Waals surface area contributed by atoms with Crippen LogP contribution in [0.5, 0.6) is 0 Å². The zero-order chi connectivity index (χ0) is 13.8. The van der Waals surface area contributed by atoms with Gasteiger partial charge in [0.05, 0.1) is 0 Å². The first kappa shape index (κ1) is 14.4. The van der Waals surface area contributed by atoms with Crippen molar-refractivity contribution in [3.05, 3.63) is 29.8 Å². The molecular formula is C16H27N3. The molecular weight excluding hydrogens is 234 g/mol. The minimum atomic E-state index is 0.393. The molecule has 1 heterocycles. The van der Waals surface area contributed by atoms with E-state index >= 15 is 0 Å². The highest BCUT2D eigenvalue weighted by atomic mass is 15.2. The third-order valence-electron chi connectivity index (χ3n) is 4.27. The number of benzene rings is 1. The molecule has 106 valence electrons. The summed E-state index contributed by atoms with van der Waals surface area (Å²) < 4.78 is 0. The van der Waals surface area contributed by atoms with Gasteiger partial charge in [-0.2, -0.15) is 0 Å². The molecule has 1 aliphatic heterocycles. The second-order valence-electron chi connectivity index (χ2n) is 5.87. The van der Waals surface area contributed by atoms with Crippen LogP contribution >= 0.6 is 0 Å². The second-order valence-corrected chi connectivity index (χ2v) is 5.87. The van der Waals surface area contributed by atoms with Gasteiger partial charge in [-0.15, -0.1) is 0 Å². The molecule has 2 atom stereocenters. The highest BCUT2D eigenvalue weighted by molar-refractivity contribution is 5.54. The van der Waals surface area contributed by atoms with Crippen LogP contribution in [0.4, 0.5) is 5.69 Å². The van der Waals surface area contributed by atoms with Gasteiger partial charge in [0.25, 0.3) is 0 Å². The molecule has 1 saturated heterocycles. The smallest absolute Gasteiger partial charge is 0.0412 e. The van der Waals surface area contributed by atoms with Crippen molar-refractivity contribution in [1.29, 1.82) is 0 Å². The molecule has 1 aromatic rings. The molecule has 0 saturated carbocycles. The Bertz CT molecular complexity index is 405. The molecule has 0 aromatic heterocycles. The number of hydrogen-bond donors (Lipinski definition) is 1. The highest BCUT2D eigenvalue weighted by Crippen LogP contribution is 2.27. The number of hydrogen-bond acceptors (Lipinski definition) is 3. The molecule has 3 nitrogen and oxygen atoms in total. The van der Waals surface area contributed by atoms with E-state index in [1.165, 1.54) is 30.8 Å². The van der Waals surface area contributed by atoms with Gasteiger partial charge >= 0.3 is 0 Å². The summed E-state index contributed by atoms with van der Waals surface area (Å²) in [6, 6.07) is 9.13. The van der Waals surface area contributed by atoms with E-state index in [-0.39, 0.29) is 0 Å². The normalized spacial score (nSPS) is 21.6. The first-order valence-corrected chi connectivity index (χ1v) is 7.27. The highest BCUT2D eigenvalue weighted by Gasteiger charge is 2.22. The summed E-state index contributed by atoms with van der Waals surface area (Å²) in [7, 11) is 6.46. The molecule has 0 amide bonds. The largest absolute Gasteiger partial charge is 0.374 e. The van der Waals surface area contributed by atoms with E-state index in [2.05, 4.69) is 60.4 Å². The van der Waals surface area contributed by atoms with E-state index in [9.17, 15) is 0 Å². The number of rotatable bonds is 5. The van der Waals surface area contributed by atoms with Gasteiger partial charge < -0.3 is 15.1 Å². The Morgan fingerprint density at radius 3 is 2.79 bits per heavy atom. The monoisotopic (exact) mass is 261 g/mol. The lowest BCUT2D eigenvalue weighted by Gasteiger charge is -2.27. The molecule has 1 N–H and O–H groups in total. The van der Waals surface area contributed by atoms with E-state index < -0.39 is 0 Å². The average Bonchev–Trinajstić information content (AvgIpc) is 2.83. The molecule has 1 aliphatic rings. The van der Waals surface area contributed by atoms with Gasteiger partial charge in [-0.05, 0) is 51.5 Å². The minimum absolute atomic E-state index is 0.393. The van der Waals surface area contributed by atoms with Crippen molar-refractivity contribution in [1.82, 2.24) is 10.2 Å². The Balaban J connectivity index is 2.08. The number of nitrogens with one attached hydrogen (secondary N) is 1. The number of likely N-dealkylation sites (tertiary alicyclic amines) is 1. The molecule has 0 radical (unpaired) electrons. The maximum Gasteiger partial charge on any atom is 0.0412 e. The summed E-state index contributed by atoms with van der Waals surface area (Å²) in [6.07, 6.45) is 1.32. The molecule has 19 heavy (non-hydrogen) atoms. The van der Waals surface area contributed by atoms with Crippen LogP contribution in [0.25, 0.3) is 0 Å². The quantitative estimate of drug-likeness (QED) is 0.878. The molecule has 1 fully saturated rings. The van der Waals surface area contributed by atoms with E-state index in [0.717, 1.165) is 12.5 Å². The summed E-state index contributed by atoms with van der Waals surface area (Å²) in [4.78, 5) is 4.85. The van der Waals surface area contributed by atoms with E-state index in [0.29, 0.717) is 6.04 Å². The minimum Gasteiger partial charge on any atom is -0.374 e. The first-order valence-electron chi connectivity index (χ1n) is 7.27. The van der Waals surface area contributed by atoms with Crippen LogP contribution in [-0.2, 0) is 0 Å². The van der Waals surface area contributed by atoms with E-state index in [1.807, 2.05) is 7.05 Å². The van der Waals surface area contributed by atoms with Crippen molar-refractivity contribution in [3.8, 4) is 0 Å². The molecule has 3 heteroatoms. The first-order chi connectivity index (χ1) is 9.11. The summed E-state index contributed by atoms with van der Waals surface area (Å²) in [6.45, 7) is 5.84. The Morgan fingerprint density at radius 2 is 2.16 bits per heavy atom. The number of anilines is 1. The maximum atomic E-state index is 3.34. The molecule has 0 bridgehead atoms. The van der Waals surface area contributed by atoms with Crippen molar-refractivity contribution >= 4 is 5.69 Å². The molecule has 2 rings (SSSR count). The Labute approximate surface area is 117 Å². The van der Waals surface area contributed by atoms with Gasteiger partial charge in [0.2, 0.25) is 0 Å². The van der Waals surface area contributed by atoms with Gasteiger partial charge in [-0.1, -0.05) is 18.2 Å². The summed E-state index contributed by atoms with van der Waals surface area (Å²) in [5.41, 5.74) is 2.75. The van der Waals surface area contributed by atoms with Gasteiger partial charge in [-0.3, -0.25) is 0 Å². The zero-order valence-corrected chi connectivity index (χ0v) is 12.7. The van der Waals surface area contributed by atoms with E-state index in [4.69, 9.17) is 0 Å². The lowest BCUT2D eigenvalue weighted by atomic mass is 10.0. The van der Waals surface area contributed by atoms with Gasteiger partial charge in [0.1, 0.15) is 0 Å². The van der Waals surface area contributed by atoms with Crippen LogP contribution in [0.15, 0.2) is 24.3 Å². The van der Waals surface area contributed by atoms with Gasteiger partial charge in [0, 0.05) is 31.9 Å². The fourth-order valence-electron chi connectivity index (χ4n) is 3.02. The molecule has 0 spiro atoms. The van der Waals surface area contributed by atoms with Crippen molar-refractivity contribution in [2.45, 2.75) is 19.4 Å². The molecule has 0 aliphatic carbocycles. The van der Waals surface area contributed by atoms with Crippen LogP contribution in [-0.4, -0.2) is 45.7 Å². The SMILES string of the molecule is CNC(C)c1ccccc1N(C)CC1CCN(C)C1. The Morgan fingerprint density at radius 1 is 1.42 bits per heavy atom. The molecule has 2 unspecified atom stereocenters. The third kappa shape index (κ3) is 3.48. The van der Waals surface area contributed by atoms with Crippen molar-refractivity contribution < 1.29 is 0 Å².